The van der Waals surface area contributed by atoms with Gasteiger partial charge in [-0.15, -0.1) is 11.8 Å². The minimum absolute atomic E-state index is 0.534. The lowest BCUT2D eigenvalue weighted by atomic mass is 10.2. The molecule has 0 saturated carbocycles. The molecule has 1 aromatic rings. The predicted octanol–water partition coefficient (Wildman–Crippen LogP) is 3.85. The van der Waals surface area contributed by atoms with Crippen molar-refractivity contribution < 1.29 is 0 Å². The molecule has 1 rings (SSSR count). The van der Waals surface area contributed by atoms with Crippen LogP contribution in [0.25, 0.3) is 0 Å². The van der Waals surface area contributed by atoms with E-state index in [4.69, 9.17) is 0 Å². The minimum atomic E-state index is 0.534. The first-order valence-electron chi connectivity index (χ1n) is 5.67. The summed E-state index contributed by atoms with van der Waals surface area (Å²) in [5, 5.41) is 3.43. The number of hydrogen-bond acceptors (Lipinski definition) is 2. The molecule has 0 heterocycles. The van der Waals surface area contributed by atoms with Crippen LogP contribution in [-0.4, -0.2) is 11.8 Å². The summed E-state index contributed by atoms with van der Waals surface area (Å²) in [5.41, 5.74) is 2.57. The average molecular weight is 235 g/mol. The molecule has 0 aliphatic rings. The van der Waals surface area contributed by atoms with E-state index in [1.165, 1.54) is 16.0 Å². The Kier molecular flexibility index (Phi) is 5.64. The quantitative estimate of drug-likeness (QED) is 0.593. The second-order valence-corrected chi connectivity index (χ2v) is 5.48. The Bertz CT molecular complexity index is 344. The maximum atomic E-state index is 3.92. The van der Waals surface area contributed by atoms with Gasteiger partial charge in [-0.25, -0.2) is 0 Å². The maximum absolute atomic E-state index is 3.92. The summed E-state index contributed by atoms with van der Waals surface area (Å²) in [6.45, 7) is 11.3. The van der Waals surface area contributed by atoms with Crippen molar-refractivity contribution in [3.8, 4) is 0 Å². The van der Waals surface area contributed by atoms with E-state index in [1.54, 1.807) is 0 Å². The van der Waals surface area contributed by atoms with Crippen LogP contribution in [0.4, 0.5) is 0 Å². The van der Waals surface area contributed by atoms with Crippen LogP contribution in [0.2, 0.25) is 0 Å². The van der Waals surface area contributed by atoms with E-state index >= 15 is 0 Å². The fourth-order valence-electron chi connectivity index (χ4n) is 1.27. The molecule has 0 saturated heterocycles. The van der Waals surface area contributed by atoms with Gasteiger partial charge in [0.25, 0.3) is 0 Å². The van der Waals surface area contributed by atoms with Crippen LogP contribution in [0, 0.1) is 0 Å². The molecular weight excluding hydrogens is 214 g/mol. The van der Waals surface area contributed by atoms with Gasteiger partial charge in [-0.3, -0.25) is 0 Å². The van der Waals surface area contributed by atoms with Crippen LogP contribution in [-0.2, 0) is 6.54 Å². The number of hydrogen-bond donors (Lipinski definition) is 1. The highest BCUT2D eigenvalue weighted by Crippen LogP contribution is 2.20. The molecule has 1 aromatic carbocycles. The molecule has 1 nitrogen and oxygen atoms in total. The molecular formula is C14H21NS. The standard InChI is InChI=1S/C14H21NS/c1-11(2)10-16-14-7-5-6-13(8-14)9-15-12(3)4/h5-8,12,15H,1,9-10H2,2-4H3. The SMILES string of the molecule is C=C(C)CSc1cccc(CNC(C)C)c1. The highest BCUT2D eigenvalue weighted by Gasteiger charge is 1.98. The van der Waals surface area contributed by atoms with Gasteiger partial charge in [0.2, 0.25) is 0 Å². The topological polar surface area (TPSA) is 12.0 Å². The summed E-state index contributed by atoms with van der Waals surface area (Å²) in [6.07, 6.45) is 0. The zero-order valence-corrected chi connectivity index (χ0v) is 11.2. The Morgan fingerprint density at radius 3 is 2.81 bits per heavy atom. The van der Waals surface area contributed by atoms with E-state index in [0.717, 1.165) is 12.3 Å². The van der Waals surface area contributed by atoms with Crippen LogP contribution in [0.1, 0.15) is 26.3 Å². The van der Waals surface area contributed by atoms with Crippen molar-refractivity contribution in [3.05, 3.63) is 42.0 Å². The first kappa shape index (κ1) is 13.3. The Balaban J connectivity index is 2.53. The third-order valence-electron chi connectivity index (χ3n) is 2.10. The molecule has 2 heteroatoms. The van der Waals surface area contributed by atoms with Crippen molar-refractivity contribution in [1.29, 1.82) is 0 Å². The summed E-state index contributed by atoms with van der Waals surface area (Å²) >= 11 is 1.85. The van der Waals surface area contributed by atoms with Crippen molar-refractivity contribution in [2.24, 2.45) is 0 Å². The summed E-state index contributed by atoms with van der Waals surface area (Å²) in [5.74, 6) is 1.00. The Morgan fingerprint density at radius 2 is 2.19 bits per heavy atom. The van der Waals surface area contributed by atoms with Crippen LogP contribution >= 0.6 is 11.8 Å². The molecule has 16 heavy (non-hydrogen) atoms. The zero-order chi connectivity index (χ0) is 12.0. The molecule has 0 aliphatic heterocycles. The molecule has 88 valence electrons. The second kappa shape index (κ2) is 6.77. The van der Waals surface area contributed by atoms with Gasteiger partial charge < -0.3 is 5.32 Å². The minimum Gasteiger partial charge on any atom is -0.310 e. The van der Waals surface area contributed by atoms with E-state index in [1.807, 2.05) is 11.8 Å². The van der Waals surface area contributed by atoms with Gasteiger partial charge in [0.15, 0.2) is 0 Å². The van der Waals surface area contributed by atoms with Gasteiger partial charge in [-0.1, -0.05) is 38.1 Å². The molecule has 0 bridgehead atoms. The third kappa shape index (κ3) is 5.38. The normalized spacial score (nSPS) is 10.8. The molecule has 0 amide bonds. The lowest BCUT2D eigenvalue weighted by Gasteiger charge is -2.09. The molecule has 0 atom stereocenters. The van der Waals surface area contributed by atoms with E-state index in [-0.39, 0.29) is 0 Å². The molecule has 0 unspecified atom stereocenters. The smallest absolute Gasteiger partial charge is 0.0208 e. The third-order valence-corrected chi connectivity index (χ3v) is 3.32. The number of benzene rings is 1. The zero-order valence-electron chi connectivity index (χ0n) is 10.4. The monoisotopic (exact) mass is 235 g/mol. The summed E-state index contributed by atoms with van der Waals surface area (Å²) in [7, 11) is 0. The molecule has 0 aromatic heterocycles. The average Bonchev–Trinajstić information content (AvgIpc) is 2.24. The Labute approximate surface area is 103 Å². The fourth-order valence-corrected chi connectivity index (χ4v) is 2.10. The van der Waals surface area contributed by atoms with Crippen LogP contribution in [0.3, 0.4) is 0 Å². The largest absolute Gasteiger partial charge is 0.310 e. The second-order valence-electron chi connectivity index (χ2n) is 4.43. The molecule has 0 fully saturated rings. The van der Waals surface area contributed by atoms with Crippen LogP contribution in [0.5, 0.6) is 0 Å². The van der Waals surface area contributed by atoms with E-state index in [2.05, 4.69) is 56.9 Å². The fraction of sp³-hybridized carbons (Fsp3) is 0.429. The first-order chi connectivity index (χ1) is 7.58. The molecule has 0 aliphatic carbocycles. The summed E-state index contributed by atoms with van der Waals surface area (Å²) < 4.78 is 0. The van der Waals surface area contributed by atoms with Crippen molar-refractivity contribution in [2.45, 2.75) is 38.3 Å². The predicted molar refractivity (Wildman–Crippen MR) is 74.0 cm³/mol. The highest BCUT2D eigenvalue weighted by molar-refractivity contribution is 7.99. The molecule has 1 N–H and O–H groups in total. The van der Waals surface area contributed by atoms with Gasteiger partial charge >= 0.3 is 0 Å². The van der Waals surface area contributed by atoms with E-state index in [0.29, 0.717) is 6.04 Å². The summed E-state index contributed by atoms with van der Waals surface area (Å²) in [4.78, 5) is 1.33. The maximum Gasteiger partial charge on any atom is 0.0208 e. The lowest BCUT2D eigenvalue weighted by Crippen LogP contribution is -2.21. The number of rotatable bonds is 6. The van der Waals surface area contributed by atoms with Gasteiger partial charge in [-0.2, -0.15) is 0 Å². The van der Waals surface area contributed by atoms with Gasteiger partial charge in [-0.05, 0) is 24.6 Å². The number of thioether (sulfide) groups is 1. The first-order valence-corrected chi connectivity index (χ1v) is 6.66. The van der Waals surface area contributed by atoms with Crippen molar-refractivity contribution in [2.75, 3.05) is 5.75 Å². The van der Waals surface area contributed by atoms with Crippen molar-refractivity contribution in [1.82, 2.24) is 5.32 Å². The Morgan fingerprint density at radius 1 is 1.44 bits per heavy atom. The van der Waals surface area contributed by atoms with Crippen LogP contribution in [0.15, 0.2) is 41.3 Å². The van der Waals surface area contributed by atoms with Gasteiger partial charge in [0.05, 0.1) is 0 Å². The highest BCUT2D eigenvalue weighted by atomic mass is 32.2. The molecule has 0 spiro atoms. The Hall–Kier alpha value is -0.730. The van der Waals surface area contributed by atoms with Crippen LogP contribution < -0.4 is 5.32 Å². The number of nitrogens with one attached hydrogen (secondary N) is 1. The molecule has 0 radical (unpaired) electrons. The van der Waals surface area contributed by atoms with Crippen molar-refractivity contribution >= 4 is 11.8 Å². The van der Waals surface area contributed by atoms with Crippen molar-refractivity contribution in [3.63, 3.8) is 0 Å². The lowest BCUT2D eigenvalue weighted by molar-refractivity contribution is 0.588. The van der Waals surface area contributed by atoms with Gasteiger partial charge in [0.1, 0.15) is 0 Å². The van der Waals surface area contributed by atoms with E-state index in [9.17, 15) is 0 Å². The summed E-state index contributed by atoms with van der Waals surface area (Å²) in [6, 6.07) is 9.24. The van der Waals surface area contributed by atoms with Gasteiger partial charge in [0, 0.05) is 23.2 Å². The van der Waals surface area contributed by atoms with E-state index < -0.39 is 0 Å².